The van der Waals surface area contributed by atoms with Crippen LogP contribution in [0.2, 0.25) is 5.02 Å². The minimum atomic E-state index is -0.0654. The number of anilines is 1. The highest BCUT2D eigenvalue weighted by atomic mass is 35.5. The lowest BCUT2D eigenvalue weighted by Gasteiger charge is -2.21. The van der Waals surface area contributed by atoms with Gasteiger partial charge in [-0.15, -0.1) is 0 Å². The molecule has 0 aromatic heterocycles. The van der Waals surface area contributed by atoms with Crippen molar-refractivity contribution in [3.05, 3.63) is 64.7 Å². The molecule has 0 saturated heterocycles. The highest BCUT2D eigenvalue weighted by Crippen LogP contribution is 2.33. The molecule has 5 heteroatoms. The van der Waals surface area contributed by atoms with E-state index < -0.39 is 0 Å². The van der Waals surface area contributed by atoms with Gasteiger partial charge in [0.15, 0.2) is 0 Å². The maximum Gasteiger partial charge on any atom is 0.240 e. The summed E-state index contributed by atoms with van der Waals surface area (Å²) in [6.45, 7) is 1.55. The molecule has 1 amide bonds. The van der Waals surface area contributed by atoms with Crippen molar-refractivity contribution in [1.29, 1.82) is 0 Å². The number of rotatable bonds is 3. The third-order valence-electron chi connectivity index (χ3n) is 4.20. The molecule has 1 aliphatic rings. The molecule has 0 N–H and O–H groups in total. The molecule has 0 unspecified atom stereocenters. The Morgan fingerprint density at radius 1 is 1.12 bits per heavy atom. The molecule has 0 fully saturated rings. The molecule has 0 aliphatic carbocycles. The predicted molar refractivity (Wildman–Crippen MR) is 98.6 cm³/mol. The van der Waals surface area contributed by atoms with Gasteiger partial charge in [-0.05, 0) is 35.4 Å². The van der Waals surface area contributed by atoms with Gasteiger partial charge in [-0.1, -0.05) is 35.9 Å². The van der Waals surface area contributed by atoms with E-state index in [4.69, 9.17) is 11.6 Å². The highest BCUT2D eigenvalue weighted by Gasteiger charge is 2.31. The summed E-state index contributed by atoms with van der Waals surface area (Å²) in [5.74, 6) is -0.0550. The zero-order chi connectivity index (χ0) is 17.3. The molecular formula is C19H20ClN3O. The van der Waals surface area contributed by atoms with Crippen molar-refractivity contribution < 1.29 is 4.79 Å². The molecule has 0 radical (unpaired) electrons. The monoisotopic (exact) mass is 341 g/mol. The number of amides is 1. The summed E-state index contributed by atoms with van der Waals surface area (Å²) < 4.78 is 0. The minimum Gasteiger partial charge on any atom is -0.378 e. The van der Waals surface area contributed by atoms with E-state index in [1.807, 2.05) is 38.4 Å². The van der Waals surface area contributed by atoms with Gasteiger partial charge < -0.3 is 4.90 Å². The maximum atomic E-state index is 12.0. The van der Waals surface area contributed by atoms with Crippen molar-refractivity contribution in [1.82, 2.24) is 5.01 Å². The van der Waals surface area contributed by atoms with Crippen LogP contribution in [-0.4, -0.2) is 30.7 Å². The van der Waals surface area contributed by atoms with Crippen LogP contribution in [0.1, 0.15) is 30.5 Å². The van der Waals surface area contributed by atoms with Crippen molar-refractivity contribution in [2.24, 2.45) is 5.10 Å². The van der Waals surface area contributed by atoms with Crippen molar-refractivity contribution in [3.8, 4) is 0 Å². The molecule has 1 heterocycles. The van der Waals surface area contributed by atoms with E-state index in [-0.39, 0.29) is 11.9 Å². The molecule has 0 spiro atoms. The molecule has 3 rings (SSSR count). The molecule has 1 atom stereocenters. The minimum absolute atomic E-state index is 0.0550. The average molecular weight is 342 g/mol. The summed E-state index contributed by atoms with van der Waals surface area (Å²) in [5, 5.41) is 6.82. The molecular weight excluding hydrogens is 322 g/mol. The van der Waals surface area contributed by atoms with Crippen LogP contribution in [0.3, 0.4) is 0 Å². The Balaban J connectivity index is 1.89. The quantitative estimate of drug-likeness (QED) is 0.842. The summed E-state index contributed by atoms with van der Waals surface area (Å²) in [4.78, 5) is 14.1. The van der Waals surface area contributed by atoms with Gasteiger partial charge in [0.1, 0.15) is 0 Å². The van der Waals surface area contributed by atoms with Crippen LogP contribution in [0.4, 0.5) is 5.69 Å². The number of nitrogens with zero attached hydrogens (tertiary/aromatic N) is 3. The van der Waals surface area contributed by atoms with Crippen molar-refractivity contribution in [2.45, 2.75) is 19.4 Å². The number of benzene rings is 2. The molecule has 24 heavy (non-hydrogen) atoms. The molecule has 2 aromatic rings. The van der Waals surface area contributed by atoms with Crippen LogP contribution >= 0.6 is 11.6 Å². The Bertz CT molecular complexity index is 766. The fraction of sp³-hybridized carbons (Fsp3) is 0.263. The second-order valence-corrected chi connectivity index (χ2v) is 6.56. The van der Waals surface area contributed by atoms with Crippen LogP contribution in [0.15, 0.2) is 53.6 Å². The SMILES string of the molecule is CC(=O)N1N=C(c2ccc(Cl)cc2)C[C@@H]1c1ccc(N(C)C)cc1. The van der Waals surface area contributed by atoms with Crippen molar-refractivity contribution >= 4 is 28.9 Å². The lowest BCUT2D eigenvalue weighted by Crippen LogP contribution is -2.24. The normalized spacial score (nSPS) is 16.9. The molecule has 0 bridgehead atoms. The van der Waals surface area contributed by atoms with Crippen LogP contribution in [0, 0.1) is 0 Å². The van der Waals surface area contributed by atoms with Gasteiger partial charge in [-0.25, -0.2) is 5.01 Å². The fourth-order valence-electron chi connectivity index (χ4n) is 2.87. The topological polar surface area (TPSA) is 35.9 Å². The summed E-state index contributed by atoms with van der Waals surface area (Å²) in [6, 6.07) is 15.8. The number of hydrogen-bond acceptors (Lipinski definition) is 3. The maximum absolute atomic E-state index is 12.0. The van der Waals surface area contributed by atoms with E-state index in [1.165, 1.54) is 0 Å². The van der Waals surface area contributed by atoms with Crippen molar-refractivity contribution in [2.75, 3.05) is 19.0 Å². The van der Waals surface area contributed by atoms with Gasteiger partial charge in [0.2, 0.25) is 5.91 Å². The first kappa shape index (κ1) is 16.5. The van der Waals surface area contributed by atoms with Crippen LogP contribution in [0.25, 0.3) is 0 Å². The smallest absolute Gasteiger partial charge is 0.240 e. The standard InChI is InChI=1S/C19H20ClN3O/c1-13(24)23-19(15-6-10-17(11-7-15)22(2)3)12-18(21-23)14-4-8-16(20)9-5-14/h4-11,19H,12H2,1-3H3/t19-/m1/s1. The second kappa shape index (κ2) is 6.65. The first-order valence-electron chi connectivity index (χ1n) is 7.86. The Labute approximate surface area is 147 Å². The van der Waals surface area contributed by atoms with Gasteiger partial charge in [-0.3, -0.25) is 4.79 Å². The molecule has 1 aliphatic heterocycles. The molecule has 4 nitrogen and oxygen atoms in total. The zero-order valence-electron chi connectivity index (χ0n) is 14.0. The van der Waals surface area contributed by atoms with Gasteiger partial charge in [0.05, 0.1) is 11.8 Å². The Hall–Kier alpha value is -2.33. The van der Waals surface area contributed by atoms with E-state index in [9.17, 15) is 4.79 Å². The summed E-state index contributed by atoms with van der Waals surface area (Å²) in [5.41, 5.74) is 4.12. The van der Waals surface area contributed by atoms with E-state index >= 15 is 0 Å². The van der Waals surface area contributed by atoms with Gasteiger partial charge in [-0.2, -0.15) is 5.10 Å². The number of hydrazone groups is 1. The van der Waals surface area contributed by atoms with E-state index in [1.54, 1.807) is 11.9 Å². The first-order valence-corrected chi connectivity index (χ1v) is 8.24. The van der Waals surface area contributed by atoms with Crippen LogP contribution < -0.4 is 4.90 Å². The first-order chi connectivity index (χ1) is 11.5. The summed E-state index contributed by atoms with van der Waals surface area (Å²) in [6.07, 6.45) is 0.697. The van der Waals surface area contributed by atoms with Gasteiger partial charge in [0, 0.05) is 38.1 Å². The number of carbonyl (C=O) groups is 1. The predicted octanol–water partition coefficient (Wildman–Crippen LogP) is 4.10. The average Bonchev–Trinajstić information content (AvgIpc) is 3.01. The van der Waals surface area contributed by atoms with Crippen LogP contribution in [-0.2, 0) is 4.79 Å². The largest absolute Gasteiger partial charge is 0.378 e. The zero-order valence-corrected chi connectivity index (χ0v) is 14.8. The van der Waals surface area contributed by atoms with Gasteiger partial charge >= 0.3 is 0 Å². The number of halogens is 1. The van der Waals surface area contributed by atoms with Crippen molar-refractivity contribution in [3.63, 3.8) is 0 Å². The van der Waals surface area contributed by atoms with Gasteiger partial charge in [0.25, 0.3) is 0 Å². The highest BCUT2D eigenvalue weighted by molar-refractivity contribution is 6.30. The van der Waals surface area contributed by atoms with E-state index in [0.717, 1.165) is 22.5 Å². The number of carbonyl (C=O) groups excluding carboxylic acids is 1. The Morgan fingerprint density at radius 2 is 1.75 bits per heavy atom. The molecule has 2 aromatic carbocycles. The lowest BCUT2D eigenvalue weighted by molar-refractivity contribution is -0.130. The number of hydrogen-bond donors (Lipinski definition) is 0. The third-order valence-corrected chi connectivity index (χ3v) is 4.46. The Morgan fingerprint density at radius 3 is 2.29 bits per heavy atom. The second-order valence-electron chi connectivity index (χ2n) is 6.12. The Kier molecular flexibility index (Phi) is 4.58. The lowest BCUT2D eigenvalue weighted by atomic mass is 9.98. The molecule has 124 valence electrons. The third kappa shape index (κ3) is 3.29. The summed E-state index contributed by atoms with van der Waals surface area (Å²) >= 11 is 5.95. The summed E-state index contributed by atoms with van der Waals surface area (Å²) in [7, 11) is 4.02. The fourth-order valence-corrected chi connectivity index (χ4v) is 3.00. The van der Waals surface area contributed by atoms with E-state index in [0.29, 0.717) is 11.4 Å². The van der Waals surface area contributed by atoms with Crippen LogP contribution in [0.5, 0.6) is 0 Å². The molecule has 0 saturated carbocycles. The van der Waals surface area contributed by atoms with E-state index in [2.05, 4.69) is 34.3 Å².